The average Bonchev–Trinajstić information content (AvgIpc) is 2.79. The van der Waals surface area contributed by atoms with Gasteiger partial charge in [0.2, 0.25) is 0 Å². The SMILES string of the molecule is Cc1ccc(CC(=O)Cc2cc3ccc(OCCC4CCCCN4)c(C)c3oc2=O)cc1. The third-order valence-electron chi connectivity index (χ3n) is 6.22. The van der Waals surface area contributed by atoms with Crippen molar-refractivity contribution in [2.24, 2.45) is 0 Å². The molecule has 4 rings (SSSR count). The minimum atomic E-state index is -0.457. The first kappa shape index (κ1) is 22.3. The van der Waals surface area contributed by atoms with Crippen molar-refractivity contribution in [2.75, 3.05) is 13.2 Å². The van der Waals surface area contributed by atoms with E-state index < -0.39 is 5.63 Å². The highest BCUT2D eigenvalue weighted by Gasteiger charge is 2.15. The summed E-state index contributed by atoms with van der Waals surface area (Å²) in [7, 11) is 0. The lowest BCUT2D eigenvalue weighted by Gasteiger charge is -2.23. The molecule has 1 atom stereocenters. The normalized spacial score (nSPS) is 16.2. The minimum Gasteiger partial charge on any atom is -0.493 e. The van der Waals surface area contributed by atoms with Crippen LogP contribution in [0.4, 0.5) is 0 Å². The molecule has 1 fully saturated rings. The molecule has 3 aromatic rings. The second-order valence-corrected chi connectivity index (χ2v) is 8.83. The quantitative estimate of drug-likeness (QED) is 0.523. The molecule has 0 spiro atoms. The number of piperidine rings is 1. The molecule has 2 aromatic carbocycles. The lowest BCUT2D eigenvalue weighted by Crippen LogP contribution is -2.35. The molecule has 1 N–H and O–H groups in total. The van der Waals surface area contributed by atoms with E-state index in [1.165, 1.54) is 19.3 Å². The second-order valence-electron chi connectivity index (χ2n) is 8.83. The first-order valence-electron chi connectivity index (χ1n) is 11.5. The van der Waals surface area contributed by atoms with Gasteiger partial charge in [-0.1, -0.05) is 36.2 Å². The molecule has 2 heterocycles. The van der Waals surface area contributed by atoms with E-state index in [0.29, 0.717) is 30.2 Å². The van der Waals surface area contributed by atoms with Gasteiger partial charge in [-0.15, -0.1) is 0 Å². The molecule has 0 aliphatic carbocycles. The summed E-state index contributed by atoms with van der Waals surface area (Å²) in [5.74, 6) is 0.730. The zero-order chi connectivity index (χ0) is 22.5. The van der Waals surface area contributed by atoms with E-state index in [9.17, 15) is 9.59 Å². The Morgan fingerprint density at radius 3 is 2.66 bits per heavy atom. The van der Waals surface area contributed by atoms with E-state index in [4.69, 9.17) is 9.15 Å². The minimum absolute atomic E-state index is 0.00602. The number of benzene rings is 2. The summed E-state index contributed by atoms with van der Waals surface area (Å²) in [6.45, 7) is 5.63. The first-order valence-corrected chi connectivity index (χ1v) is 11.5. The number of hydrogen-bond donors (Lipinski definition) is 1. The predicted molar refractivity (Wildman–Crippen MR) is 127 cm³/mol. The number of carbonyl (C=O) groups excluding carboxylic acids is 1. The van der Waals surface area contributed by atoms with Gasteiger partial charge >= 0.3 is 5.63 Å². The van der Waals surface area contributed by atoms with Crippen molar-refractivity contribution >= 4 is 16.8 Å². The number of rotatable bonds is 8. The molecule has 5 nitrogen and oxygen atoms in total. The van der Waals surface area contributed by atoms with Crippen LogP contribution in [0.2, 0.25) is 0 Å². The summed E-state index contributed by atoms with van der Waals surface area (Å²) in [6.07, 6.45) is 5.05. The molecule has 1 aromatic heterocycles. The lowest BCUT2D eigenvalue weighted by molar-refractivity contribution is -0.117. The van der Waals surface area contributed by atoms with Crippen molar-refractivity contribution < 1.29 is 13.9 Å². The van der Waals surface area contributed by atoms with Crippen LogP contribution in [0.5, 0.6) is 5.75 Å². The smallest absolute Gasteiger partial charge is 0.339 e. The number of aryl methyl sites for hydroxylation is 2. The molecule has 1 unspecified atom stereocenters. The van der Waals surface area contributed by atoms with Gasteiger partial charge in [-0.25, -0.2) is 4.79 Å². The number of fused-ring (bicyclic) bond motifs is 1. The zero-order valence-electron chi connectivity index (χ0n) is 18.9. The number of ketones is 1. The number of hydrogen-bond acceptors (Lipinski definition) is 5. The van der Waals surface area contributed by atoms with E-state index in [0.717, 1.165) is 40.8 Å². The summed E-state index contributed by atoms with van der Waals surface area (Å²) in [6, 6.07) is 14.0. The van der Waals surface area contributed by atoms with E-state index >= 15 is 0 Å². The fraction of sp³-hybridized carbons (Fsp3) is 0.407. The highest BCUT2D eigenvalue weighted by Crippen LogP contribution is 2.27. The van der Waals surface area contributed by atoms with Gasteiger partial charge in [-0.2, -0.15) is 0 Å². The van der Waals surface area contributed by atoms with E-state index in [1.54, 1.807) is 6.07 Å². The van der Waals surface area contributed by atoms with Crippen LogP contribution in [-0.2, 0) is 17.6 Å². The molecule has 1 saturated heterocycles. The van der Waals surface area contributed by atoms with Crippen LogP contribution in [0, 0.1) is 13.8 Å². The highest BCUT2D eigenvalue weighted by molar-refractivity contribution is 5.86. The van der Waals surface area contributed by atoms with Crippen molar-refractivity contribution in [1.29, 1.82) is 0 Å². The summed E-state index contributed by atoms with van der Waals surface area (Å²) in [4.78, 5) is 25.1. The van der Waals surface area contributed by atoms with Crippen molar-refractivity contribution in [3.63, 3.8) is 0 Å². The van der Waals surface area contributed by atoms with Crippen molar-refractivity contribution in [1.82, 2.24) is 5.32 Å². The Morgan fingerprint density at radius 2 is 1.91 bits per heavy atom. The van der Waals surface area contributed by atoms with Gasteiger partial charge < -0.3 is 14.5 Å². The van der Waals surface area contributed by atoms with E-state index in [1.807, 2.05) is 50.2 Å². The standard InChI is InChI=1S/C27H31NO4/c1-18-6-8-20(9-7-18)15-24(29)17-22-16-21-10-11-25(19(2)26(21)32-27(22)30)31-14-12-23-5-3-4-13-28-23/h6-11,16,23,28H,3-5,12-15,17H2,1-2H3. The van der Waals surface area contributed by atoms with Gasteiger partial charge in [-0.3, -0.25) is 4.79 Å². The molecule has 0 bridgehead atoms. The average molecular weight is 434 g/mol. The van der Waals surface area contributed by atoms with Crippen molar-refractivity contribution in [2.45, 2.75) is 58.4 Å². The molecule has 0 radical (unpaired) electrons. The van der Waals surface area contributed by atoms with Gasteiger partial charge in [-0.05, 0) is 63.4 Å². The van der Waals surface area contributed by atoms with Gasteiger partial charge in [0, 0.05) is 35.4 Å². The van der Waals surface area contributed by atoms with Gasteiger partial charge in [0.1, 0.15) is 17.1 Å². The predicted octanol–water partition coefficient (Wildman–Crippen LogP) is 4.68. The summed E-state index contributed by atoms with van der Waals surface area (Å²) in [5.41, 5.74) is 3.38. The molecular weight excluding hydrogens is 402 g/mol. The Hall–Kier alpha value is -2.92. The van der Waals surface area contributed by atoms with Crippen LogP contribution in [-0.4, -0.2) is 25.0 Å². The molecule has 168 valence electrons. The number of ether oxygens (including phenoxy) is 1. The van der Waals surface area contributed by atoms with Gasteiger partial charge in [0.05, 0.1) is 6.61 Å². The Bertz CT molecular complexity index is 1140. The van der Waals surface area contributed by atoms with E-state index in [-0.39, 0.29) is 12.2 Å². The van der Waals surface area contributed by atoms with Crippen LogP contribution in [0.25, 0.3) is 11.0 Å². The molecule has 32 heavy (non-hydrogen) atoms. The van der Waals surface area contributed by atoms with Crippen molar-refractivity contribution in [3.8, 4) is 5.75 Å². The van der Waals surface area contributed by atoms with E-state index in [2.05, 4.69) is 5.32 Å². The maximum absolute atomic E-state index is 12.6. The largest absolute Gasteiger partial charge is 0.493 e. The monoisotopic (exact) mass is 433 g/mol. The Balaban J connectivity index is 1.43. The van der Waals surface area contributed by atoms with Crippen LogP contribution < -0.4 is 15.7 Å². The van der Waals surface area contributed by atoms with Crippen LogP contribution in [0.3, 0.4) is 0 Å². The fourth-order valence-electron chi connectivity index (χ4n) is 4.32. The maximum Gasteiger partial charge on any atom is 0.339 e. The molecule has 1 aliphatic heterocycles. The summed E-state index contributed by atoms with van der Waals surface area (Å²) < 4.78 is 11.6. The molecule has 5 heteroatoms. The van der Waals surface area contributed by atoms with Gasteiger partial charge in [0.15, 0.2) is 0 Å². The number of carbonyl (C=O) groups is 1. The summed E-state index contributed by atoms with van der Waals surface area (Å²) >= 11 is 0. The maximum atomic E-state index is 12.6. The zero-order valence-corrected chi connectivity index (χ0v) is 18.9. The Labute approximate surface area is 188 Å². The number of Topliss-reactive ketones (excluding diaryl/α,β-unsaturated/α-hetero) is 1. The second kappa shape index (κ2) is 10.1. The van der Waals surface area contributed by atoms with Crippen LogP contribution >= 0.6 is 0 Å². The fourth-order valence-corrected chi connectivity index (χ4v) is 4.32. The molecule has 1 aliphatic rings. The first-order chi connectivity index (χ1) is 15.5. The van der Waals surface area contributed by atoms with Gasteiger partial charge in [0.25, 0.3) is 0 Å². The van der Waals surface area contributed by atoms with Crippen LogP contribution in [0.1, 0.15) is 47.9 Å². The highest BCUT2D eigenvalue weighted by atomic mass is 16.5. The number of nitrogens with one attached hydrogen (secondary N) is 1. The van der Waals surface area contributed by atoms with Crippen LogP contribution in [0.15, 0.2) is 51.7 Å². The molecular formula is C27H31NO4. The Morgan fingerprint density at radius 1 is 1.09 bits per heavy atom. The lowest BCUT2D eigenvalue weighted by atomic mass is 10.0. The van der Waals surface area contributed by atoms with Crippen molar-refractivity contribution in [3.05, 3.63) is 75.1 Å². The molecule has 0 saturated carbocycles. The Kier molecular flexibility index (Phi) is 7.05. The third kappa shape index (κ3) is 5.46. The molecule has 0 amide bonds. The summed E-state index contributed by atoms with van der Waals surface area (Å²) in [5, 5.41) is 4.34. The topological polar surface area (TPSA) is 68.5 Å². The third-order valence-corrected chi connectivity index (χ3v) is 6.22.